The van der Waals surface area contributed by atoms with E-state index in [2.05, 4.69) is 9.98 Å². The van der Waals surface area contributed by atoms with Crippen molar-refractivity contribution in [3.63, 3.8) is 0 Å². The zero-order valence-electron chi connectivity index (χ0n) is 16.2. The van der Waals surface area contributed by atoms with Gasteiger partial charge >= 0.3 is 17.8 Å². The highest BCUT2D eigenvalue weighted by Gasteiger charge is 2.39. The number of hydrogen-bond donors (Lipinski definition) is 3. The van der Waals surface area contributed by atoms with Crippen molar-refractivity contribution in [2.75, 3.05) is 5.32 Å². The first-order valence-electron chi connectivity index (χ1n) is 8.86. The highest BCUT2D eigenvalue weighted by Crippen LogP contribution is 2.28. The van der Waals surface area contributed by atoms with Crippen LogP contribution < -0.4 is 16.6 Å². The van der Waals surface area contributed by atoms with Crippen molar-refractivity contribution in [2.45, 2.75) is 13.1 Å². The molecule has 166 valence electrons. The van der Waals surface area contributed by atoms with E-state index in [9.17, 15) is 32.7 Å². The molecule has 0 bridgehead atoms. The van der Waals surface area contributed by atoms with Gasteiger partial charge in [0.1, 0.15) is 5.56 Å². The quantitative estimate of drug-likeness (QED) is 0.510. The van der Waals surface area contributed by atoms with E-state index >= 15 is 0 Å². The molecule has 0 spiro atoms. The minimum atomic E-state index is -5.12. The van der Waals surface area contributed by atoms with Crippen LogP contribution in [-0.4, -0.2) is 32.5 Å². The molecule has 3 rings (SSSR count). The van der Waals surface area contributed by atoms with E-state index in [4.69, 9.17) is 11.6 Å². The molecular weight excluding hydrogens is 453 g/mol. The second-order valence-electron chi connectivity index (χ2n) is 6.44. The monoisotopic (exact) mass is 466 g/mol. The lowest BCUT2D eigenvalue weighted by atomic mass is 10.2. The topological polar surface area (TPSA) is 117 Å². The number of nitrogens with zero attached hydrogens (tertiary/aromatic N) is 2. The maximum Gasteiger partial charge on any atom is 0.471 e. The zero-order chi connectivity index (χ0) is 23.6. The number of aromatic hydroxyl groups is 1. The third kappa shape index (κ3) is 4.72. The van der Waals surface area contributed by atoms with Crippen molar-refractivity contribution in [3.8, 4) is 11.6 Å². The number of benzene rings is 2. The summed E-state index contributed by atoms with van der Waals surface area (Å²) in [5.74, 6) is -2.94. The van der Waals surface area contributed by atoms with E-state index in [1.165, 1.54) is 55.5 Å². The molecule has 0 fully saturated rings. The molecule has 3 aromatic rings. The highest BCUT2D eigenvalue weighted by molar-refractivity contribution is 6.30. The third-order valence-corrected chi connectivity index (χ3v) is 4.48. The molecular formula is C20H14ClF3N4O4. The summed E-state index contributed by atoms with van der Waals surface area (Å²) in [5, 5.41) is 12.7. The molecule has 0 saturated carbocycles. The van der Waals surface area contributed by atoms with Crippen molar-refractivity contribution >= 4 is 34.6 Å². The number of hydrogen-bond acceptors (Lipinski definition) is 5. The number of H-pyrrole nitrogens is 1. The number of amides is 1. The molecule has 0 aliphatic heterocycles. The number of aliphatic imine (C=N–C) groups is 1. The molecule has 0 unspecified atom stereocenters. The van der Waals surface area contributed by atoms with E-state index in [0.717, 1.165) is 4.57 Å². The van der Waals surface area contributed by atoms with Gasteiger partial charge in [-0.25, -0.2) is 9.36 Å². The number of aromatic amines is 1. The Balaban J connectivity index is 2.11. The number of anilines is 1. The molecule has 1 heterocycles. The van der Waals surface area contributed by atoms with Gasteiger partial charge in [0.2, 0.25) is 5.88 Å². The van der Waals surface area contributed by atoms with Gasteiger partial charge in [0, 0.05) is 5.02 Å². The fourth-order valence-electron chi connectivity index (χ4n) is 2.79. The van der Waals surface area contributed by atoms with E-state index in [0.29, 0.717) is 5.02 Å². The predicted molar refractivity (Wildman–Crippen MR) is 112 cm³/mol. The number of halogens is 4. The molecule has 0 radical (unpaired) electrons. The Labute approximate surface area is 182 Å². The van der Waals surface area contributed by atoms with Crippen molar-refractivity contribution in [1.29, 1.82) is 0 Å². The Morgan fingerprint density at radius 2 is 1.75 bits per heavy atom. The smallest absolute Gasteiger partial charge is 0.471 e. The van der Waals surface area contributed by atoms with Gasteiger partial charge in [0.25, 0.3) is 5.56 Å². The maximum absolute atomic E-state index is 12.6. The maximum atomic E-state index is 12.6. The van der Waals surface area contributed by atoms with Crippen LogP contribution in [0.15, 0.2) is 63.1 Å². The van der Waals surface area contributed by atoms with Gasteiger partial charge in [-0.1, -0.05) is 23.7 Å². The van der Waals surface area contributed by atoms with Gasteiger partial charge in [-0.05, 0) is 43.3 Å². The highest BCUT2D eigenvalue weighted by atomic mass is 35.5. The average molecular weight is 467 g/mol. The van der Waals surface area contributed by atoms with Crippen LogP contribution in [0.1, 0.15) is 12.5 Å². The van der Waals surface area contributed by atoms with E-state index in [1.54, 1.807) is 5.32 Å². The zero-order valence-corrected chi connectivity index (χ0v) is 17.0. The Morgan fingerprint density at radius 3 is 2.38 bits per heavy atom. The van der Waals surface area contributed by atoms with Crippen LogP contribution in [0.3, 0.4) is 0 Å². The molecule has 1 aromatic heterocycles. The summed E-state index contributed by atoms with van der Waals surface area (Å²) in [7, 11) is 0. The summed E-state index contributed by atoms with van der Waals surface area (Å²) in [6.45, 7) is 1.31. The molecule has 8 nitrogen and oxygen atoms in total. The molecule has 0 aliphatic carbocycles. The second kappa shape index (κ2) is 8.71. The Kier molecular flexibility index (Phi) is 6.21. The van der Waals surface area contributed by atoms with E-state index in [-0.39, 0.29) is 22.8 Å². The first-order chi connectivity index (χ1) is 15.0. The average Bonchev–Trinajstić information content (AvgIpc) is 2.69. The van der Waals surface area contributed by atoms with Crippen LogP contribution in [0.2, 0.25) is 5.02 Å². The molecule has 12 heteroatoms. The predicted octanol–water partition coefficient (Wildman–Crippen LogP) is 3.53. The van der Waals surface area contributed by atoms with Crippen molar-refractivity contribution in [2.24, 2.45) is 4.99 Å². The first kappa shape index (κ1) is 22.8. The van der Waals surface area contributed by atoms with Crippen LogP contribution in [0.25, 0.3) is 5.69 Å². The van der Waals surface area contributed by atoms with Gasteiger partial charge in [-0.3, -0.25) is 19.6 Å². The van der Waals surface area contributed by atoms with Crippen LogP contribution in [0, 0.1) is 0 Å². The largest absolute Gasteiger partial charge is 0.493 e. The Bertz CT molecular complexity index is 1330. The standard InChI is InChI=1S/C20H14ClF3N4O4/c1-10(25-13-4-2-3-5-14(13)26-18(31)20(22,23)24)15-16(29)27-19(32)28(17(15)30)12-8-6-11(21)7-9-12/h2-9,30H,1H3,(H,26,31)(H,27,29,32). The minimum absolute atomic E-state index is 0.106. The number of carbonyl (C=O) groups excluding carboxylic acids is 1. The van der Waals surface area contributed by atoms with Gasteiger partial charge in [0.15, 0.2) is 0 Å². The van der Waals surface area contributed by atoms with Gasteiger partial charge in [0.05, 0.1) is 22.8 Å². The number of para-hydroxylation sites is 2. The molecule has 2 aromatic carbocycles. The molecule has 1 amide bonds. The van der Waals surface area contributed by atoms with Crippen LogP contribution in [-0.2, 0) is 4.79 Å². The molecule has 32 heavy (non-hydrogen) atoms. The summed E-state index contributed by atoms with van der Waals surface area (Å²) in [5.41, 5.74) is -2.58. The summed E-state index contributed by atoms with van der Waals surface area (Å²) < 4.78 is 38.6. The second-order valence-corrected chi connectivity index (χ2v) is 6.87. The summed E-state index contributed by atoms with van der Waals surface area (Å²) >= 11 is 5.83. The Hall–Kier alpha value is -3.86. The Morgan fingerprint density at radius 1 is 1.12 bits per heavy atom. The lowest BCUT2D eigenvalue weighted by molar-refractivity contribution is -0.167. The van der Waals surface area contributed by atoms with Crippen molar-refractivity contribution in [1.82, 2.24) is 9.55 Å². The molecule has 3 N–H and O–H groups in total. The number of carbonyl (C=O) groups is 1. The SMILES string of the molecule is CC(=Nc1ccccc1NC(=O)C(F)(F)F)c1c(O)n(-c2ccc(Cl)cc2)c(=O)[nH]c1=O. The molecule has 0 saturated heterocycles. The van der Waals surface area contributed by atoms with Crippen LogP contribution >= 0.6 is 11.6 Å². The summed E-state index contributed by atoms with van der Waals surface area (Å²) in [6, 6.07) is 11.1. The first-order valence-corrected chi connectivity index (χ1v) is 9.24. The van der Waals surface area contributed by atoms with Gasteiger partial charge in [-0.15, -0.1) is 0 Å². The number of alkyl halides is 3. The van der Waals surface area contributed by atoms with Crippen molar-refractivity contribution in [3.05, 3.63) is 80.0 Å². The lowest BCUT2D eigenvalue weighted by Gasteiger charge is -2.13. The number of aromatic nitrogens is 2. The molecule has 0 aliphatic rings. The van der Waals surface area contributed by atoms with E-state index in [1.807, 2.05) is 0 Å². The molecule has 0 atom stereocenters. The van der Waals surface area contributed by atoms with Crippen molar-refractivity contribution < 1.29 is 23.1 Å². The van der Waals surface area contributed by atoms with Gasteiger partial charge < -0.3 is 10.4 Å². The number of nitrogens with one attached hydrogen (secondary N) is 2. The van der Waals surface area contributed by atoms with Crippen LogP contribution in [0.5, 0.6) is 5.88 Å². The normalized spacial score (nSPS) is 12.0. The summed E-state index contributed by atoms with van der Waals surface area (Å²) in [4.78, 5) is 42.1. The number of rotatable bonds is 4. The van der Waals surface area contributed by atoms with Gasteiger partial charge in [-0.2, -0.15) is 13.2 Å². The summed E-state index contributed by atoms with van der Waals surface area (Å²) in [6.07, 6.45) is -5.12. The van der Waals surface area contributed by atoms with E-state index < -0.39 is 34.8 Å². The lowest BCUT2D eigenvalue weighted by Crippen LogP contribution is -2.32. The fourth-order valence-corrected chi connectivity index (χ4v) is 2.91. The fraction of sp³-hybridized carbons (Fsp3) is 0.100. The minimum Gasteiger partial charge on any atom is -0.493 e. The third-order valence-electron chi connectivity index (χ3n) is 4.23. The van der Waals surface area contributed by atoms with Crippen LogP contribution in [0.4, 0.5) is 24.5 Å².